The van der Waals surface area contributed by atoms with Crippen LogP contribution in [0.3, 0.4) is 0 Å². The van der Waals surface area contributed by atoms with Gasteiger partial charge in [0.25, 0.3) is 11.8 Å². The molecule has 0 spiro atoms. The fourth-order valence-electron chi connectivity index (χ4n) is 5.38. The Hall–Kier alpha value is -1.88. The van der Waals surface area contributed by atoms with Gasteiger partial charge < -0.3 is 29.6 Å². The number of carbonyl (C=O) groups excluding carboxylic acids is 2. The van der Waals surface area contributed by atoms with Gasteiger partial charge in [-0.3, -0.25) is 9.59 Å². The maximum absolute atomic E-state index is 14.4. The van der Waals surface area contributed by atoms with E-state index in [4.69, 9.17) is 18.9 Å². The van der Waals surface area contributed by atoms with E-state index in [9.17, 15) is 18.4 Å². The molecule has 0 aromatic carbocycles. The van der Waals surface area contributed by atoms with Crippen LogP contribution in [0.5, 0.6) is 0 Å². The molecule has 0 bridgehead atoms. The lowest BCUT2D eigenvalue weighted by Gasteiger charge is -2.22. The molecule has 2 N–H and O–H groups in total. The van der Waals surface area contributed by atoms with E-state index in [1.165, 1.54) is 12.2 Å². The molecule has 0 radical (unpaired) electrons. The highest BCUT2D eigenvalue weighted by molar-refractivity contribution is 5.92. The Bertz CT molecular complexity index is 761. The fourth-order valence-corrected chi connectivity index (χ4v) is 5.38. The first kappa shape index (κ1) is 33.6. The third-order valence-electron chi connectivity index (χ3n) is 7.81. The molecule has 1 aliphatic carbocycles. The van der Waals surface area contributed by atoms with E-state index in [0.29, 0.717) is 38.9 Å². The first-order chi connectivity index (χ1) is 20.0. The topological polar surface area (TPSA) is 95.1 Å². The average Bonchev–Trinajstić information content (AvgIpc) is 3.42. The molecule has 10 heteroatoms. The molecule has 2 heterocycles. The van der Waals surface area contributed by atoms with Crippen LogP contribution in [-0.2, 0) is 28.5 Å². The van der Waals surface area contributed by atoms with Crippen molar-refractivity contribution in [3.63, 3.8) is 0 Å². The molecule has 3 fully saturated rings. The molecule has 2 saturated heterocycles. The summed E-state index contributed by atoms with van der Waals surface area (Å²) in [5, 5.41) is 5.34. The van der Waals surface area contributed by atoms with Gasteiger partial charge in [0.15, 0.2) is 24.2 Å². The molecule has 0 aromatic heterocycles. The van der Waals surface area contributed by atoms with Gasteiger partial charge in [0.1, 0.15) is 0 Å². The summed E-state index contributed by atoms with van der Waals surface area (Å²) in [6, 6.07) is -0.851. The standard InChI is InChI=1S/C31H50F2N2O6/c32-24(14-5-1-3-9-20-38-28-18-7-11-22-40-28)30(36)34-26-16-13-17-27(26)35-31(37)25(33)15-6-2-4-10-21-39-29-19-8-12-23-41-29/h14-15,26-29H,1-13,16-23H2,(H,34,36)(H,35,37)/b24-14-,25-15+/t26-,27+,28?,29?/m1/s1. The van der Waals surface area contributed by atoms with Crippen molar-refractivity contribution in [2.24, 2.45) is 0 Å². The van der Waals surface area contributed by atoms with Gasteiger partial charge in [-0.2, -0.15) is 0 Å². The van der Waals surface area contributed by atoms with Crippen LogP contribution in [-0.4, -0.2) is 62.9 Å². The van der Waals surface area contributed by atoms with E-state index < -0.39 is 35.6 Å². The Morgan fingerprint density at radius 2 is 1.10 bits per heavy atom. The fraction of sp³-hybridized carbons (Fsp3) is 0.806. The molecule has 41 heavy (non-hydrogen) atoms. The highest BCUT2D eigenvalue weighted by Gasteiger charge is 2.31. The Labute approximate surface area is 243 Å². The van der Waals surface area contributed by atoms with E-state index in [0.717, 1.165) is 96.7 Å². The molecule has 4 atom stereocenters. The van der Waals surface area contributed by atoms with Gasteiger partial charge in [0, 0.05) is 38.5 Å². The number of halogens is 2. The Balaban J connectivity index is 1.24. The summed E-state index contributed by atoms with van der Waals surface area (Å²) in [5.41, 5.74) is 0. The monoisotopic (exact) mass is 584 g/mol. The number of allylic oxidation sites excluding steroid dienone is 2. The zero-order chi connectivity index (χ0) is 29.1. The molecule has 8 nitrogen and oxygen atoms in total. The third kappa shape index (κ3) is 13.8. The summed E-state index contributed by atoms with van der Waals surface area (Å²) in [5.74, 6) is -3.22. The minimum Gasteiger partial charge on any atom is -0.353 e. The van der Waals surface area contributed by atoms with E-state index in [-0.39, 0.29) is 12.6 Å². The van der Waals surface area contributed by atoms with E-state index >= 15 is 0 Å². The highest BCUT2D eigenvalue weighted by atomic mass is 19.1. The summed E-state index contributed by atoms with van der Waals surface area (Å²) >= 11 is 0. The summed E-state index contributed by atoms with van der Waals surface area (Å²) in [7, 11) is 0. The van der Waals surface area contributed by atoms with Crippen LogP contribution >= 0.6 is 0 Å². The molecule has 2 amide bonds. The zero-order valence-electron chi connectivity index (χ0n) is 24.5. The number of hydrogen-bond acceptors (Lipinski definition) is 6. The van der Waals surface area contributed by atoms with Crippen molar-refractivity contribution < 1.29 is 37.3 Å². The molecular weight excluding hydrogens is 534 g/mol. The van der Waals surface area contributed by atoms with Crippen molar-refractivity contribution in [3.05, 3.63) is 23.8 Å². The number of rotatable bonds is 18. The van der Waals surface area contributed by atoms with Gasteiger partial charge in [-0.15, -0.1) is 0 Å². The van der Waals surface area contributed by atoms with E-state index in [1.807, 2.05) is 0 Å². The largest absolute Gasteiger partial charge is 0.353 e. The molecule has 1 saturated carbocycles. The minimum atomic E-state index is -0.823. The number of unbranched alkanes of at least 4 members (excludes halogenated alkanes) is 6. The highest BCUT2D eigenvalue weighted by Crippen LogP contribution is 2.21. The Morgan fingerprint density at radius 1 is 0.634 bits per heavy atom. The minimum absolute atomic E-state index is 0.0934. The Morgan fingerprint density at radius 3 is 1.51 bits per heavy atom. The zero-order valence-corrected chi connectivity index (χ0v) is 24.5. The predicted molar refractivity (Wildman–Crippen MR) is 152 cm³/mol. The lowest BCUT2D eigenvalue weighted by atomic mass is 10.1. The molecule has 3 aliphatic rings. The second kappa shape index (κ2) is 20.1. The van der Waals surface area contributed by atoms with Crippen molar-refractivity contribution in [3.8, 4) is 0 Å². The molecule has 3 rings (SSSR count). The number of ether oxygens (including phenoxy) is 4. The van der Waals surface area contributed by atoms with Crippen molar-refractivity contribution in [2.75, 3.05) is 26.4 Å². The van der Waals surface area contributed by atoms with Crippen LogP contribution in [0.15, 0.2) is 23.8 Å². The summed E-state index contributed by atoms with van der Waals surface area (Å²) in [6.45, 7) is 2.75. The first-order valence-corrected chi connectivity index (χ1v) is 15.8. The molecular formula is C31H50F2N2O6. The van der Waals surface area contributed by atoms with Gasteiger partial charge in [0.2, 0.25) is 0 Å². The molecule has 2 unspecified atom stereocenters. The van der Waals surface area contributed by atoms with Gasteiger partial charge in [0.05, 0.1) is 0 Å². The van der Waals surface area contributed by atoms with E-state index in [2.05, 4.69) is 10.6 Å². The average molecular weight is 585 g/mol. The van der Waals surface area contributed by atoms with Crippen LogP contribution in [0.2, 0.25) is 0 Å². The number of carbonyl (C=O) groups is 2. The molecule has 234 valence electrons. The smallest absolute Gasteiger partial charge is 0.279 e. The quantitative estimate of drug-likeness (QED) is 0.150. The molecule has 2 aliphatic heterocycles. The SMILES string of the molecule is O=C(N[C@@H]1CCC[C@@H]1NC(=O)/C(F)=C\CCCCCOC1CCCCO1)/C(F)=C/CCCCCOC1CCCCO1. The maximum Gasteiger partial charge on any atom is 0.279 e. The van der Waals surface area contributed by atoms with Crippen molar-refractivity contribution >= 4 is 11.8 Å². The maximum atomic E-state index is 14.4. The van der Waals surface area contributed by atoms with E-state index in [1.54, 1.807) is 0 Å². The van der Waals surface area contributed by atoms with Crippen LogP contribution in [0.4, 0.5) is 8.78 Å². The van der Waals surface area contributed by atoms with Crippen molar-refractivity contribution in [1.82, 2.24) is 10.6 Å². The van der Waals surface area contributed by atoms with Crippen LogP contribution < -0.4 is 10.6 Å². The third-order valence-corrected chi connectivity index (χ3v) is 7.81. The second-order valence-electron chi connectivity index (χ2n) is 11.2. The van der Waals surface area contributed by atoms with Crippen LogP contribution in [0.1, 0.15) is 109 Å². The van der Waals surface area contributed by atoms with Gasteiger partial charge in [-0.1, -0.05) is 12.8 Å². The Kier molecular flexibility index (Phi) is 16.5. The normalized spacial score (nSPS) is 25.7. The summed E-state index contributed by atoms with van der Waals surface area (Å²) < 4.78 is 51.2. The lowest BCUT2D eigenvalue weighted by molar-refractivity contribution is -0.163. The summed E-state index contributed by atoms with van der Waals surface area (Å²) in [4.78, 5) is 24.7. The van der Waals surface area contributed by atoms with Crippen LogP contribution in [0, 0.1) is 0 Å². The number of nitrogens with one attached hydrogen (secondary N) is 2. The van der Waals surface area contributed by atoms with Crippen molar-refractivity contribution in [2.45, 2.75) is 134 Å². The van der Waals surface area contributed by atoms with Gasteiger partial charge in [-0.25, -0.2) is 8.78 Å². The summed E-state index contributed by atoms with van der Waals surface area (Å²) in [6.07, 6.45) is 16.6. The molecule has 0 aromatic rings. The lowest BCUT2D eigenvalue weighted by Crippen LogP contribution is -2.48. The van der Waals surface area contributed by atoms with Crippen LogP contribution in [0.25, 0.3) is 0 Å². The van der Waals surface area contributed by atoms with Gasteiger partial charge >= 0.3 is 0 Å². The van der Waals surface area contributed by atoms with Gasteiger partial charge in [-0.05, 0) is 108 Å². The first-order valence-electron chi connectivity index (χ1n) is 15.8. The second-order valence-corrected chi connectivity index (χ2v) is 11.2. The number of amides is 2. The predicted octanol–water partition coefficient (Wildman–Crippen LogP) is 6.05. The van der Waals surface area contributed by atoms with Crippen molar-refractivity contribution in [1.29, 1.82) is 0 Å². The number of hydrogen-bond donors (Lipinski definition) is 2.